The van der Waals surface area contributed by atoms with Gasteiger partial charge in [-0.15, -0.1) is 0 Å². The number of carbonyl (C=O) groups is 2. The maximum absolute atomic E-state index is 14.1. The molecular formula is C18H17FN6O2. The fourth-order valence-corrected chi connectivity index (χ4v) is 2.49. The second kappa shape index (κ2) is 8.09. The fourth-order valence-electron chi connectivity index (χ4n) is 2.49. The smallest absolute Gasteiger partial charge is 0.246 e. The van der Waals surface area contributed by atoms with Gasteiger partial charge < -0.3 is 16.4 Å². The summed E-state index contributed by atoms with van der Waals surface area (Å²) in [6.07, 6.45) is 2.68. The van der Waals surface area contributed by atoms with Crippen LogP contribution in [-0.4, -0.2) is 26.6 Å². The van der Waals surface area contributed by atoms with Crippen LogP contribution in [0.2, 0.25) is 0 Å². The molecular weight excluding hydrogens is 351 g/mol. The molecule has 3 aromatic rings. The van der Waals surface area contributed by atoms with Crippen LogP contribution in [0.15, 0.2) is 61.2 Å². The zero-order valence-electron chi connectivity index (χ0n) is 14.2. The maximum atomic E-state index is 14.1. The lowest BCUT2D eigenvalue weighted by Gasteiger charge is -2.18. The molecule has 1 unspecified atom stereocenters. The van der Waals surface area contributed by atoms with Crippen molar-refractivity contribution in [3.63, 3.8) is 0 Å². The van der Waals surface area contributed by atoms with E-state index < -0.39 is 23.7 Å². The Morgan fingerprint density at radius 2 is 1.96 bits per heavy atom. The number of hydrogen-bond acceptors (Lipinski definition) is 5. The third-order valence-electron chi connectivity index (χ3n) is 3.74. The number of nitrogens with zero attached hydrogens (tertiary/aromatic N) is 3. The van der Waals surface area contributed by atoms with E-state index in [0.29, 0.717) is 11.3 Å². The van der Waals surface area contributed by atoms with Gasteiger partial charge in [-0.05, 0) is 23.8 Å². The van der Waals surface area contributed by atoms with Crippen LogP contribution in [0.25, 0.3) is 0 Å². The van der Waals surface area contributed by atoms with Gasteiger partial charge in [0.1, 0.15) is 31.1 Å². The highest BCUT2D eigenvalue weighted by Crippen LogP contribution is 2.24. The number of aromatic nitrogens is 3. The Labute approximate surface area is 154 Å². The number of anilines is 2. The average molecular weight is 368 g/mol. The van der Waals surface area contributed by atoms with Crippen LogP contribution in [0.1, 0.15) is 11.6 Å². The monoisotopic (exact) mass is 368 g/mol. The highest BCUT2D eigenvalue weighted by Gasteiger charge is 2.18. The van der Waals surface area contributed by atoms with E-state index in [0.717, 1.165) is 0 Å². The van der Waals surface area contributed by atoms with Gasteiger partial charge in [0.05, 0.1) is 5.69 Å². The zero-order chi connectivity index (χ0) is 19.2. The topological polar surface area (TPSA) is 115 Å². The molecule has 0 aliphatic carbocycles. The van der Waals surface area contributed by atoms with E-state index in [1.165, 1.54) is 35.5 Å². The molecule has 1 atom stereocenters. The third kappa shape index (κ3) is 4.66. The molecule has 0 spiro atoms. The number of nitrogens with one attached hydrogen (secondary N) is 2. The summed E-state index contributed by atoms with van der Waals surface area (Å²) >= 11 is 0. The number of primary amides is 1. The van der Waals surface area contributed by atoms with Crippen molar-refractivity contribution in [3.8, 4) is 0 Å². The predicted molar refractivity (Wildman–Crippen MR) is 97.1 cm³/mol. The molecule has 2 amide bonds. The predicted octanol–water partition coefficient (Wildman–Crippen LogP) is 1.69. The third-order valence-corrected chi connectivity index (χ3v) is 3.74. The summed E-state index contributed by atoms with van der Waals surface area (Å²) < 4.78 is 15.4. The van der Waals surface area contributed by atoms with E-state index >= 15 is 0 Å². The van der Waals surface area contributed by atoms with E-state index in [1.54, 1.807) is 24.3 Å². The van der Waals surface area contributed by atoms with Gasteiger partial charge in [-0.3, -0.25) is 9.59 Å². The Morgan fingerprint density at radius 1 is 1.19 bits per heavy atom. The van der Waals surface area contributed by atoms with Crippen molar-refractivity contribution in [3.05, 3.63) is 72.6 Å². The minimum Gasteiger partial charge on any atom is -0.370 e. The van der Waals surface area contributed by atoms with E-state index in [-0.39, 0.29) is 12.2 Å². The maximum Gasteiger partial charge on any atom is 0.246 e. The summed E-state index contributed by atoms with van der Waals surface area (Å²) in [4.78, 5) is 27.6. The molecule has 0 saturated heterocycles. The van der Waals surface area contributed by atoms with Crippen molar-refractivity contribution in [2.75, 3.05) is 10.6 Å². The van der Waals surface area contributed by atoms with Gasteiger partial charge in [0.2, 0.25) is 11.8 Å². The number of rotatable bonds is 7. The number of halogens is 1. The minimum absolute atomic E-state index is 0.0265. The Kier molecular flexibility index (Phi) is 5.41. The lowest BCUT2D eigenvalue weighted by atomic mass is 10.1. The summed E-state index contributed by atoms with van der Waals surface area (Å²) in [5.41, 5.74) is 6.56. The summed E-state index contributed by atoms with van der Waals surface area (Å²) in [7, 11) is 0. The molecule has 0 aliphatic heterocycles. The van der Waals surface area contributed by atoms with E-state index in [9.17, 15) is 14.0 Å². The van der Waals surface area contributed by atoms with Crippen molar-refractivity contribution in [2.45, 2.75) is 12.6 Å². The molecule has 138 valence electrons. The van der Waals surface area contributed by atoms with Gasteiger partial charge in [0.25, 0.3) is 0 Å². The van der Waals surface area contributed by atoms with Gasteiger partial charge >= 0.3 is 0 Å². The fraction of sp³-hybridized carbons (Fsp3) is 0.111. The van der Waals surface area contributed by atoms with Crippen LogP contribution in [0.4, 0.5) is 15.8 Å². The molecule has 1 aromatic heterocycles. The minimum atomic E-state index is -0.796. The Hall–Kier alpha value is -3.75. The van der Waals surface area contributed by atoms with E-state index in [4.69, 9.17) is 5.73 Å². The zero-order valence-corrected chi connectivity index (χ0v) is 14.2. The highest BCUT2D eigenvalue weighted by atomic mass is 19.1. The Bertz CT molecular complexity index is 930. The average Bonchev–Trinajstić information content (AvgIpc) is 3.15. The van der Waals surface area contributed by atoms with E-state index in [2.05, 4.69) is 20.7 Å². The molecule has 4 N–H and O–H groups in total. The molecule has 0 bridgehead atoms. The van der Waals surface area contributed by atoms with Crippen LogP contribution in [0, 0.1) is 5.82 Å². The van der Waals surface area contributed by atoms with Crippen molar-refractivity contribution in [1.29, 1.82) is 0 Å². The largest absolute Gasteiger partial charge is 0.370 e. The first-order chi connectivity index (χ1) is 13.0. The number of carbonyl (C=O) groups excluding carboxylic acids is 2. The van der Waals surface area contributed by atoms with Crippen LogP contribution in [0.3, 0.4) is 0 Å². The highest BCUT2D eigenvalue weighted by molar-refractivity contribution is 5.91. The lowest BCUT2D eigenvalue weighted by molar-refractivity contribution is -0.119. The van der Waals surface area contributed by atoms with Crippen LogP contribution in [-0.2, 0) is 16.1 Å². The first-order valence-corrected chi connectivity index (χ1v) is 8.05. The molecule has 0 radical (unpaired) electrons. The summed E-state index contributed by atoms with van der Waals surface area (Å²) in [6, 6.07) is 12.2. The first-order valence-electron chi connectivity index (χ1n) is 8.05. The van der Waals surface area contributed by atoms with E-state index in [1.807, 2.05) is 6.07 Å². The van der Waals surface area contributed by atoms with Gasteiger partial charge in [0.15, 0.2) is 0 Å². The van der Waals surface area contributed by atoms with Crippen molar-refractivity contribution < 1.29 is 14.0 Å². The first kappa shape index (κ1) is 18.1. The molecule has 0 fully saturated rings. The molecule has 3 rings (SSSR count). The molecule has 2 aromatic carbocycles. The second-order valence-electron chi connectivity index (χ2n) is 5.73. The molecule has 8 nitrogen and oxygen atoms in total. The van der Waals surface area contributed by atoms with Crippen molar-refractivity contribution in [1.82, 2.24) is 14.8 Å². The number of amides is 2. The quantitative estimate of drug-likeness (QED) is 0.587. The molecule has 27 heavy (non-hydrogen) atoms. The molecule has 0 aliphatic rings. The lowest BCUT2D eigenvalue weighted by Crippen LogP contribution is -2.27. The second-order valence-corrected chi connectivity index (χ2v) is 5.73. The summed E-state index contributed by atoms with van der Waals surface area (Å²) in [5, 5.41) is 9.25. The van der Waals surface area contributed by atoms with Crippen LogP contribution < -0.4 is 16.4 Å². The Balaban J connectivity index is 1.76. The SMILES string of the molecule is NC(=O)C(Nc1ccc(F)c(NC(=O)Cn2cncn2)c1)c1ccccc1. The van der Waals surface area contributed by atoms with Crippen molar-refractivity contribution >= 4 is 23.2 Å². The molecule has 0 saturated carbocycles. The standard InChI is InChI=1S/C18H17FN6O2/c19-14-7-6-13(23-17(18(20)27)12-4-2-1-3-5-12)8-15(14)24-16(26)9-25-11-21-10-22-25/h1-8,10-11,17,23H,9H2,(H2,20,27)(H,24,26). The number of benzene rings is 2. The molecule has 1 heterocycles. The number of nitrogens with two attached hydrogens (primary N) is 1. The van der Waals surface area contributed by atoms with Gasteiger partial charge in [-0.2, -0.15) is 5.10 Å². The van der Waals surface area contributed by atoms with Crippen molar-refractivity contribution in [2.24, 2.45) is 5.73 Å². The van der Waals surface area contributed by atoms with Crippen LogP contribution >= 0.6 is 0 Å². The van der Waals surface area contributed by atoms with Gasteiger partial charge in [0, 0.05) is 5.69 Å². The number of hydrogen-bond donors (Lipinski definition) is 3. The summed E-state index contributed by atoms with van der Waals surface area (Å²) in [6.45, 7) is -0.106. The Morgan fingerprint density at radius 3 is 2.63 bits per heavy atom. The normalized spacial score (nSPS) is 11.6. The van der Waals surface area contributed by atoms with Crippen LogP contribution in [0.5, 0.6) is 0 Å². The van der Waals surface area contributed by atoms with Gasteiger partial charge in [-0.1, -0.05) is 30.3 Å². The molecule has 9 heteroatoms. The van der Waals surface area contributed by atoms with Gasteiger partial charge in [-0.25, -0.2) is 14.1 Å². The summed E-state index contributed by atoms with van der Waals surface area (Å²) in [5.74, 6) is -1.66.